The van der Waals surface area contributed by atoms with Crippen LogP contribution in [0.4, 0.5) is 11.4 Å². The predicted octanol–water partition coefficient (Wildman–Crippen LogP) is 7.61. The fraction of sp³-hybridized carbons (Fsp3) is 0.406. The molecule has 3 aromatic carbocycles. The van der Waals surface area contributed by atoms with Crippen LogP contribution in [0.3, 0.4) is 0 Å². The van der Waals surface area contributed by atoms with E-state index in [0.29, 0.717) is 18.7 Å². The number of rotatable bonds is 5. The molecule has 3 aromatic rings. The molecule has 4 nitrogen and oxygen atoms in total. The molecule has 0 radical (unpaired) electrons. The number of fused-ring (bicyclic) bond motifs is 2. The van der Waals surface area contributed by atoms with Gasteiger partial charge in [-0.1, -0.05) is 45.9 Å². The van der Waals surface area contributed by atoms with Crippen molar-refractivity contribution in [2.45, 2.75) is 69.2 Å². The van der Waals surface area contributed by atoms with Gasteiger partial charge in [0.1, 0.15) is 5.75 Å². The Morgan fingerprint density at radius 3 is 2.41 bits per heavy atom. The molecular weight excluding hydrogens is 476 g/mol. The summed E-state index contributed by atoms with van der Waals surface area (Å²) < 4.78 is 6.14. The molecule has 0 fully saturated rings. The molecule has 0 bridgehead atoms. The van der Waals surface area contributed by atoms with Gasteiger partial charge < -0.3 is 15.0 Å². The van der Waals surface area contributed by atoms with Gasteiger partial charge in [-0.15, -0.1) is 11.8 Å². The van der Waals surface area contributed by atoms with Crippen molar-refractivity contribution in [3.05, 3.63) is 82.9 Å². The van der Waals surface area contributed by atoms with E-state index in [2.05, 4.69) is 86.6 Å². The van der Waals surface area contributed by atoms with E-state index in [0.717, 1.165) is 30.0 Å². The van der Waals surface area contributed by atoms with E-state index in [1.165, 1.54) is 34.6 Å². The Kier molecular flexibility index (Phi) is 7.01. The second kappa shape index (κ2) is 10.1. The van der Waals surface area contributed by atoms with Crippen molar-refractivity contribution < 1.29 is 9.53 Å². The molecular formula is C32H38N2O2S. The van der Waals surface area contributed by atoms with Crippen molar-refractivity contribution in [1.82, 2.24) is 5.32 Å². The van der Waals surface area contributed by atoms with Gasteiger partial charge in [0.15, 0.2) is 0 Å². The molecule has 2 aliphatic rings. The lowest BCUT2D eigenvalue weighted by molar-refractivity contribution is 0.0950. The minimum absolute atomic E-state index is 0.0890. The van der Waals surface area contributed by atoms with Gasteiger partial charge in [-0.3, -0.25) is 4.79 Å². The Labute approximate surface area is 225 Å². The SMILES string of the molecule is CSc1ccc(CNC(=O)c2ccc3c(c2)OCCCN3c2ccc3c(c2)C(C)(C)CCC3(C)C)cc1. The van der Waals surface area contributed by atoms with Crippen LogP contribution in [0, 0.1) is 0 Å². The summed E-state index contributed by atoms with van der Waals surface area (Å²) in [5, 5.41) is 3.05. The summed E-state index contributed by atoms with van der Waals surface area (Å²) in [6.07, 6.45) is 5.39. The van der Waals surface area contributed by atoms with Crippen molar-refractivity contribution in [2.24, 2.45) is 0 Å². The molecule has 1 aliphatic carbocycles. The zero-order valence-corrected chi connectivity index (χ0v) is 23.5. The smallest absolute Gasteiger partial charge is 0.251 e. The topological polar surface area (TPSA) is 41.6 Å². The summed E-state index contributed by atoms with van der Waals surface area (Å²) in [5.74, 6) is 0.681. The van der Waals surface area contributed by atoms with Crippen molar-refractivity contribution in [1.29, 1.82) is 0 Å². The number of anilines is 2. The first-order valence-electron chi connectivity index (χ1n) is 13.3. The second-order valence-corrected chi connectivity index (χ2v) is 12.4. The zero-order chi connectivity index (χ0) is 26.2. The van der Waals surface area contributed by atoms with E-state index in [4.69, 9.17) is 4.74 Å². The molecule has 0 spiro atoms. The Balaban J connectivity index is 1.40. The highest BCUT2D eigenvalue weighted by molar-refractivity contribution is 7.98. The van der Waals surface area contributed by atoms with Gasteiger partial charge in [0.2, 0.25) is 0 Å². The average molecular weight is 515 g/mol. The molecule has 0 saturated heterocycles. The molecule has 1 N–H and O–H groups in total. The van der Waals surface area contributed by atoms with Crippen LogP contribution in [0.1, 0.15) is 74.0 Å². The number of hydrogen-bond donors (Lipinski definition) is 1. The van der Waals surface area contributed by atoms with Crippen LogP contribution in [0.25, 0.3) is 0 Å². The molecule has 5 rings (SSSR count). The number of amides is 1. The van der Waals surface area contributed by atoms with E-state index in [1.807, 2.05) is 18.2 Å². The largest absolute Gasteiger partial charge is 0.491 e. The third-order valence-corrected chi connectivity index (χ3v) is 8.80. The molecule has 0 aromatic heterocycles. The Morgan fingerprint density at radius 2 is 1.68 bits per heavy atom. The molecule has 1 amide bonds. The highest BCUT2D eigenvalue weighted by Gasteiger charge is 2.37. The number of ether oxygens (including phenoxy) is 1. The van der Waals surface area contributed by atoms with Crippen molar-refractivity contribution in [3.63, 3.8) is 0 Å². The number of nitrogens with one attached hydrogen (secondary N) is 1. The monoisotopic (exact) mass is 514 g/mol. The third kappa shape index (κ3) is 5.24. The van der Waals surface area contributed by atoms with Crippen LogP contribution in [0.2, 0.25) is 0 Å². The highest BCUT2D eigenvalue weighted by atomic mass is 32.2. The number of carbonyl (C=O) groups excluding carboxylic acids is 1. The van der Waals surface area contributed by atoms with E-state index in [9.17, 15) is 4.79 Å². The van der Waals surface area contributed by atoms with Crippen LogP contribution < -0.4 is 15.0 Å². The number of benzene rings is 3. The molecule has 1 aliphatic heterocycles. The average Bonchev–Trinajstić information content (AvgIpc) is 3.12. The first kappa shape index (κ1) is 25.7. The summed E-state index contributed by atoms with van der Waals surface area (Å²) in [7, 11) is 0. The van der Waals surface area contributed by atoms with Crippen LogP contribution in [-0.4, -0.2) is 25.3 Å². The van der Waals surface area contributed by atoms with Crippen molar-refractivity contribution in [3.8, 4) is 5.75 Å². The lowest BCUT2D eigenvalue weighted by atomic mass is 9.63. The van der Waals surface area contributed by atoms with Crippen LogP contribution >= 0.6 is 11.8 Å². The standard InChI is InChI=1S/C32H38N2O2S/c1-31(2)15-16-32(3,4)27-20-24(10-13-26(27)31)34-17-6-18-36-29-19-23(9-14-28(29)34)30(35)33-21-22-7-11-25(37-5)12-8-22/h7-14,19-20H,6,15-18,21H2,1-5H3,(H,33,35). The van der Waals surface area contributed by atoms with Crippen LogP contribution in [-0.2, 0) is 17.4 Å². The summed E-state index contributed by atoms with van der Waals surface area (Å²) >= 11 is 1.71. The summed E-state index contributed by atoms with van der Waals surface area (Å²) in [6, 6.07) is 21.1. The Hall–Kier alpha value is -2.92. The third-order valence-electron chi connectivity index (χ3n) is 8.06. The van der Waals surface area contributed by atoms with Crippen LogP contribution in [0.15, 0.2) is 65.6 Å². The maximum Gasteiger partial charge on any atom is 0.251 e. The van der Waals surface area contributed by atoms with Crippen molar-refractivity contribution in [2.75, 3.05) is 24.3 Å². The van der Waals surface area contributed by atoms with E-state index < -0.39 is 0 Å². The quantitative estimate of drug-likeness (QED) is 0.356. The van der Waals surface area contributed by atoms with E-state index in [-0.39, 0.29) is 16.7 Å². The Bertz CT molecular complexity index is 1300. The van der Waals surface area contributed by atoms with E-state index in [1.54, 1.807) is 11.8 Å². The summed E-state index contributed by atoms with van der Waals surface area (Å²) in [5.41, 5.74) is 7.20. The molecule has 0 saturated carbocycles. The van der Waals surface area contributed by atoms with Crippen LogP contribution in [0.5, 0.6) is 5.75 Å². The lowest BCUT2D eigenvalue weighted by Crippen LogP contribution is -2.34. The van der Waals surface area contributed by atoms with Gasteiger partial charge in [0, 0.05) is 29.2 Å². The summed E-state index contributed by atoms with van der Waals surface area (Å²) in [6.45, 7) is 11.5. The fourth-order valence-corrected chi connectivity index (χ4v) is 5.97. The molecule has 5 heteroatoms. The number of nitrogens with zero attached hydrogens (tertiary/aromatic N) is 1. The number of hydrogen-bond acceptors (Lipinski definition) is 4. The first-order valence-corrected chi connectivity index (χ1v) is 14.5. The molecule has 194 valence electrons. The normalized spacial score (nSPS) is 17.7. The van der Waals surface area contributed by atoms with Gasteiger partial charge >= 0.3 is 0 Å². The molecule has 0 atom stereocenters. The van der Waals surface area contributed by atoms with E-state index >= 15 is 0 Å². The van der Waals surface area contributed by atoms with Gasteiger partial charge in [0.25, 0.3) is 5.91 Å². The first-order chi connectivity index (χ1) is 17.7. The maximum atomic E-state index is 13.0. The fourth-order valence-electron chi connectivity index (χ4n) is 5.56. The predicted molar refractivity (Wildman–Crippen MR) is 155 cm³/mol. The number of thioether (sulfide) groups is 1. The highest BCUT2D eigenvalue weighted by Crippen LogP contribution is 2.48. The van der Waals surface area contributed by atoms with Crippen molar-refractivity contribution >= 4 is 29.0 Å². The molecule has 37 heavy (non-hydrogen) atoms. The lowest BCUT2D eigenvalue weighted by Gasteiger charge is -2.42. The minimum Gasteiger partial charge on any atom is -0.491 e. The summed E-state index contributed by atoms with van der Waals surface area (Å²) in [4.78, 5) is 16.5. The molecule has 0 unspecified atom stereocenters. The van der Waals surface area contributed by atoms with Gasteiger partial charge in [-0.2, -0.15) is 0 Å². The maximum absolute atomic E-state index is 13.0. The Morgan fingerprint density at radius 1 is 0.946 bits per heavy atom. The molecule has 1 heterocycles. The van der Waals surface area contributed by atoms with Gasteiger partial charge in [-0.05, 0) is 95.5 Å². The zero-order valence-electron chi connectivity index (χ0n) is 22.7. The number of carbonyl (C=O) groups is 1. The van der Waals surface area contributed by atoms with Gasteiger partial charge in [-0.25, -0.2) is 0 Å². The second-order valence-electron chi connectivity index (χ2n) is 11.6. The van der Waals surface area contributed by atoms with Gasteiger partial charge in [0.05, 0.1) is 12.3 Å². The minimum atomic E-state index is -0.0890.